The quantitative estimate of drug-likeness (QED) is 0.817. The molecule has 2 rings (SSSR count). The van der Waals surface area contributed by atoms with E-state index in [0.717, 1.165) is 0 Å². The van der Waals surface area contributed by atoms with E-state index in [1.165, 1.54) is 23.1 Å². The van der Waals surface area contributed by atoms with Gasteiger partial charge in [-0.1, -0.05) is 12.1 Å². The fourth-order valence-corrected chi connectivity index (χ4v) is 1.28. The standard InChI is InChI=1S/C10H10FN5O/c11-7-3-1-2-4-8(7)14-9(17)5-16-6-13-10(12)15-16/h1-4,6H,5H2,(H2,12,15)(H,14,17). The van der Waals surface area contributed by atoms with E-state index in [0.29, 0.717) is 0 Å². The molecule has 6 nitrogen and oxygen atoms in total. The number of amides is 1. The molecule has 0 fully saturated rings. The van der Waals surface area contributed by atoms with Crippen molar-refractivity contribution >= 4 is 17.5 Å². The molecule has 0 saturated carbocycles. The lowest BCUT2D eigenvalue weighted by Crippen LogP contribution is -2.19. The van der Waals surface area contributed by atoms with Gasteiger partial charge >= 0.3 is 0 Å². The second kappa shape index (κ2) is 4.60. The molecule has 0 aliphatic carbocycles. The zero-order valence-corrected chi connectivity index (χ0v) is 8.80. The summed E-state index contributed by atoms with van der Waals surface area (Å²) in [5.41, 5.74) is 5.43. The van der Waals surface area contributed by atoms with Crippen molar-refractivity contribution in [2.75, 3.05) is 11.1 Å². The first kappa shape index (κ1) is 11.1. The van der Waals surface area contributed by atoms with Crippen molar-refractivity contribution < 1.29 is 9.18 Å². The van der Waals surface area contributed by atoms with Gasteiger partial charge in [0.2, 0.25) is 11.9 Å². The molecule has 2 aromatic rings. The normalized spacial score (nSPS) is 10.2. The largest absolute Gasteiger partial charge is 0.367 e. The number of aromatic nitrogens is 3. The van der Waals surface area contributed by atoms with Crippen LogP contribution in [-0.4, -0.2) is 20.7 Å². The number of para-hydroxylation sites is 1. The molecule has 0 spiro atoms. The van der Waals surface area contributed by atoms with E-state index in [1.807, 2.05) is 0 Å². The zero-order valence-electron chi connectivity index (χ0n) is 8.80. The minimum Gasteiger partial charge on any atom is -0.367 e. The van der Waals surface area contributed by atoms with Crippen LogP contribution in [0.3, 0.4) is 0 Å². The molecule has 0 unspecified atom stereocenters. The second-order valence-electron chi connectivity index (χ2n) is 3.33. The molecule has 7 heteroatoms. The summed E-state index contributed by atoms with van der Waals surface area (Å²) in [5.74, 6) is -0.803. The maximum Gasteiger partial charge on any atom is 0.246 e. The van der Waals surface area contributed by atoms with Gasteiger partial charge in [0.1, 0.15) is 18.7 Å². The van der Waals surface area contributed by atoms with E-state index in [9.17, 15) is 9.18 Å². The minimum atomic E-state index is -0.487. The molecule has 1 amide bonds. The summed E-state index contributed by atoms with van der Waals surface area (Å²) in [6, 6.07) is 5.92. The van der Waals surface area contributed by atoms with Crippen LogP contribution in [0.15, 0.2) is 30.6 Å². The summed E-state index contributed by atoms with van der Waals surface area (Å²) in [4.78, 5) is 15.2. The van der Waals surface area contributed by atoms with Gasteiger partial charge in [-0.3, -0.25) is 4.79 Å². The Bertz CT molecular complexity index is 539. The van der Waals surface area contributed by atoms with Gasteiger partial charge in [-0.2, -0.15) is 0 Å². The minimum absolute atomic E-state index is 0.0709. The number of hydrogen-bond acceptors (Lipinski definition) is 4. The number of carbonyl (C=O) groups excluding carboxylic acids is 1. The van der Waals surface area contributed by atoms with Crippen LogP contribution in [0.2, 0.25) is 0 Å². The predicted octanol–water partition coefficient (Wildman–Crippen LogP) is 0.638. The first-order valence-corrected chi connectivity index (χ1v) is 4.84. The molecule has 0 saturated heterocycles. The van der Waals surface area contributed by atoms with Crippen molar-refractivity contribution in [2.24, 2.45) is 0 Å². The van der Waals surface area contributed by atoms with Crippen LogP contribution in [-0.2, 0) is 11.3 Å². The van der Waals surface area contributed by atoms with Crippen molar-refractivity contribution in [2.45, 2.75) is 6.54 Å². The molecule has 3 N–H and O–H groups in total. The summed E-state index contributed by atoms with van der Waals surface area (Å²) in [5, 5.41) is 6.17. The van der Waals surface area contributed by atoms with Crippen LogP contribution in [0.25, 0.3) is 0 Å². The highest BCUT2D eigenvalue weighted by molar-refractivity contribution is 5.90. The molecule has 1 aromatic heterocycles. The Morgan fingerprint density at radius 2 is 2.24 bits per heavy atom. The van der Waals surface area contributed by atoms with E-state index in [-0.39, 0.29) is 18.2 Å². The van der Waals surface area contributed by atoms with Gasteiger partial charge < -0.3 is 11.1 Å². The van der Waals surface area contributed by atoms with Gasteiger partial charge in [0.05, 0.1) is 5.69 Å². The first-order chi connectivity index (χ1) is 8.15. The summed E-state index contributed by atoms with van der Waals surface area (Å²) in [6.45, 7) is -0.0709. The second-order valence-corrected chi connectivity index (χ2v) is 3.33. The lowest BCUT2D eigenvalue weighted by Gasteiger charge is -2.05. The third-order valence-corrected chi connectivity index (χ3v) is 2.01. The summed E-state index contributed by atoms with van der Waals surface area (Å²) in [6.07, 6.45) is 1.33. The van der Waals surface area contributed by atoms with E-state index in [4.69, 9.17) is 5.73 Å². The van der Waals surface area contributed by atoms with Crippen LogP contribution in [0.4, 0.5) is 16.0 Å². The fraction of sp³-hybridized carbons (Fsp3) is 0.100. The lowest BCUT2D eigenvalue weighted by atomic mass is 10.3. The number of anilines is 2. The van der Waals surface area contributed by atoms with Crippen molar-refractivity contribution in [1.29, 1.82) is 0 Å². The van der Waals surface area contributed by atoms with Crippen LogP contribution in [0.1, 0.15) is 0 Å². The van der Waals surface area contributed by atoms with Crippen molar-refractivity contribution in [3.63, 3.8) is 0 Å². The van der Waals surface area contributed by atoms with Gasteiger partial charge in [-0.05, 0) is 12.1 Å². The van der Waals surface area contributed by atoms with Gasteiger partial charge in [0.15, 0.2) is 0 Å². The van der Waals surface area contributed by atoms with Crippen LogP contribution in [0.5, 0.6) is 0 Å². The Labute approximate surface area is 96.3 Å². The number of nitrogens with zero attached hydrogens (tertiary/aromatic N) is 3. The van der Waals surface area contributed by atoms with E-state index in [2.05, 4.69) is 15.4 Å². The third kappa shape index (κ3) is 2.77. The van der Waals surface area contributed by atoms with E-state index in [1.54, 1.807) is 12.1 Å². The van der Waals surface area contributed by atoms with E-state index >= 15 is 0 Å². The monoisotopic (exact) mass is 235 g/mol. The Balaban J connectivity index is 2.01. The average molecular weight is 235 g/mol. The van der Waals surface area contributed by atoms with Crippen molar-refractivity contribution in [3.8, 4) is 0 Å². The molecule has 1 heterocycles. The SMILES string of the molecule is Nc1ncn(CC(=O)Nc2ccccc2F)n1. The van der Waals surface area contributed by atoms with Crippen molar-refractivity contribution in [1.82, 2.24) is 14.8 Å². The summed E-state index contributed by atoms with van der Waals surface area (Å²) >= 11 is 0. The highest BCUT2D eigenvalue weighted by Crippen LogP contribution is 2.12. The van der Waals surface area contributed by atoms with Crippen LogP contribution in [0, 0.1) is 5.82 Å². The summed E-state index contributed by atoms with van der Waals surface area (Å²) < 4.78 is 14.5. The Morgan fingerprint density at radius 3 is 2.88 bits per heavy atom. The molecule has 88 valence electrons. The molecule has 0 radical (unpaired) electrons. The number of hydrogen-bond donors (Lipinski definition) is 2. The summed E-state index contributed by atoms with van der Waals surface area (Å²) in [7, 11) is 0. The van der Waals surface area contributed by atoms with Gasteiger partial charge in [-0.15, -0.1) is 5.10 Å². The predicted molar refractivity (Wildman–Crippen MR) is 59.5 cm³/mol. The van der Waals surface area contributed by atoms with Gasteiger partial charge in [-0.25, -0.2) is 14.1 Å². The zero-order chi connectivity index (χ0) is 12.3. The molecule has 1 aromatic carbocycles. The Hall–Kier alpha value is -2.44. The maximum atomic E-state index is 13.2. The first-order valence-electron chi connectivity index (χ1n) is 4.84. The molecule has 0 bridgehead atoms. The highest BCUT2D eigenvalue weighted by atomic mass is 19.1. The number of nitrogens with one attached hydrogen (secondary N) is 1. The Kier molecular flexibility index (Phi) is 2.99. The number of rotatable bonds is 3. The molecule has 0 atom stereocenters. The highest BCUT2D eigenvalue weighted by Gasteiger charge is 2.07. The molecule has 17 heavy (non-hydrogen) atoms. The topological polar surface area (TPSA) is 85.8 Å². The van der Waals surface area contributed by atoms with Gasteiger partial charge in [0, 0.05) is 0 Å². The maximum absolute atomic E-state index is 13.2. The molecular formula is C10H10FN5O. The van der Waals surface area contributed by atoms with Crippen LogP contribution >= 0.6 is 0 Å². The van der Waals surface area contributed by atoms with Crippen LogP contribution < -0.4 is 11.1 Å². The number of nitrogen functional groups attached to an aromatic ring is 1. The number of halogens is 1. The number of nitrogens with two attached hydrogens (primary N) is 1. The van der Waals surface area contributed by atoms with Crippen molar-refractivity contribution in [3.05, 3.63) is 36.4 Å². The smallest absolute Gasteiger partial charge is 0.246 e. The number of carbonyl (C=O) groups is 1. The molecule has 0 aliphatic rings. The molecular weight excluding hydrogens is 225 g/mol. The Morgan fingerprint density at radius 1 is 1.47 bits per heavy atom. The molecule has 0 aliphatic heterocycles. The van der Waals surface area contributed by atoms with E-state index < -0.39 is 11.7 Å². The lowest BCUT2D eigenvalue weighted by molar-refractivity contribution is -0.116. The third-order valence-electron chi connectivity index (χ3n) is 2.01. The average Bonchev–Trinajstić information content (AvgIpc) is 2.67. The number of benzene rings is 1. The fourth-order valence-electron chi connectivity index (χ4n) is 1.28. The van der Waals surface area contributed by atoms with Gasteiger partial charge in [0.25, 0.3) is 0 Å².